The molecule has 1 N–H and O–H groups in total. The highest BCUT2D eigenvalue weighted by molar-refractivity contribution is 14.0. The number of halogens is 1. The van der Waals surface area contributed by atoms with Gasteiger partial charge in [0.05, 0.1) is 13.7 Å². The van der Waals surface area contributed by atoms with Gasteiger partial charge in [0.2, 0.25) is 0 Å². The third-order valence-corrected chi connectivity index (χ3v) is 5.15. The molecule has 1 aliphatic rings. The number of likely N-dealkylation sites (tertiary alicyclic amines) is 1. The van der Waals surface area contributed by atoms with Crippen LogP contribution < -0.4 is 14.8 Å². The largest absolute Gasteiger partial charge is 0.497 e. The van der Waals surface area contributed by atoms with Crippen LogP contribution >= 0.6 is 24.0 Å². The Balaban J connectivity index is 0.00000300. The molecule has 1 saturated heterocycles. The van der Waals surface area contributed by atoms with Gasteiger partial charge in [0.1, 0.15) is 11.5 Å². The Hall–Kier alpha value is -1.96. The van der Waals surface area contributed by atoms with E-state index in [4.69, 9.17) is 9.47 Å². The minimum absolute atomic E-state index is 0. The van der Waals surface area contributed by atoms with Crippen molar-refractivity contribution < 1.29 is 9.47 Å². The van der Waals surface area contributed by atoms with Gasteiger partial charge in [-0.25, -0.2) is 0 Å². The van der Waals surface area contributed by atoms with Crippen molar-refractivity contribution in [2.45, 2.75) is 25.2 Å². The second-order valence-corrected chi connectivity index (χ2v) is 7.05. The third kappa shape index (κ3) is 7.10. The van der Waals surface area contributed by atoms with Crippen LogP contribution in [0.1, 0.15) is 30.7 Å². The molecule has 0 aliphatic carbocycles. The molecular weight excluding hydrogens is 477 g/mol. The molecule has 1 aliphatic heterocycles. The number of hydrogen-bond donors (Lipinski definition) is 1. The molecule has 2 aromatic carbocycles. The smallest absolute Gasteiger partial charge is 0.193 e. The molecule has 0 spiro atoms. The van der Waals surface area contributed by atoms with Gasteiger partial charge in [-0.1, -0.05) is 30.3 Å². The number of ether oxygens (including phenoxy) is 2. The zero-order chi connectivity index (χ0) is 19.6. The maximum absolute atomic E-state index is 5.74. The molecule has 0 radical (unpaired) electrons. The van der Waals surface area contributed by atoms with Gasteiger partial charge in [-0.3, -0.25) is 4.99 Å². The normalized spacial score (nSPS) is 16.3. The Labute approximate surface area is 191 Å². The van der Waals surface area contributed by atoms with Gasteiger partial charge >= 0.3 is 0 Å². The molecule has 1 atom stereocenters. The summed E-state index contributed by atoms with van der Waals surface area (Å²) in [4.78, 5) is 6.83. The SMILES string of the molecule is CN=C(NCCCCOc1ccccc1)N1CCC(c2ccc(OC)cc2)C1.I. The van der Waals surface area contributed by atoms with Gasteiger partial charge in [0, 0.05) is 32.6 Å². The lowest BCUT2D eigenvalue weighted by Gasteiger charge is -2.22. The molecule has 0 bridgehead atoms. The Morgan fingerprint density at radius 3 is 2.52 bits per heavy atom. The number of methoxy groups -OCH3 is 1. The zero-order valence-electron chi connectivity index (χ0n) is 17.3. The second kappa shape index (κ2) is 12.6. The van der Waals surface area contributed by atoms with E-state index in [1.54, 1.807) is 7.11 Å². The predicted molar refractivity (Wildman–Crippen MR) is 130 cm³/mol. The number of nitrogens with one attached hydrogen (secondary N) is 1. The summed E-state index contributed by atoms with van der Waals surface area (Å²) in [5, 5.41) is 3.50. The Kier molecular flexibility index (Phi) is 10.1. The summed E-state index contributed by atoms with van der Waals surface area (Å²) in [7, 11) is 3.57. The summed E-state index contributed by atoms with van der Waals surface area (Å²) in [6.45, 7) is 3.69. The van der Waals surface area contributed by atoms with E-state index in [0.29, 0.717) is 5.92 Å². The van der Waals surface area contributed by atoms with E-state index in [1.165, 1.54) is 5.56 Å². The Morgan fingerprint density at radius 1 is 1.07 bits per heavy atom. The minimum Gasteiger partial charge on any atom is -0.497 e. The number of guanidine groups is 1. The molecule has 1 unspecified atom stereocenters. The zero-order valence-corrected chi connectivity index (χ0v) is 19.7. The summed E-state index contributed by atoms with van der Waals surface area (Å²) in [5.41, 5.74) is 1.37. The molecule has 6 heteroatoms. The van der Waals surface area contributed by atoms with Crippen molar-refractivity contribution in [2.24, 2.45) is 4.99 Å². The number of para-hydroxylation sites is 1. The molecule has 3 rings (SSSR count). The molecular formula is C23H32IN3O2. The highest BCUT2D eigenvalue weighted by atomic mass is 127. The average Bonchev–Trinajstić information content (AvgIpc) is 3.24. The third-order valence-electron chi connectivity index (χ3n) is 5.15. The average molecular weight is 509 g/mol. The van der Waals surface area contributed by atoms with Gasteiger partial charge < -0.3 is 19.7 Å². The number of nitrogens with zero attached hydrogens (tertiary/aromatic N) is 2. The number of rotatable bonds is 8. The lowest BCUT2D eigenvalue weighted by Crippen LogP contribution is -2.40. The summed E-state index contributed by atoms with van der Waals surface area (Å²) < 4.78 is 11.0. The fraction of sp³-hybridized carbons (Fsp3) is 0.435. The van der Waals surface area contributed by atoms with E-state index in [2.05, 4.69) is 27.3 Å². The van der Waals surface area contributed by atoms with Crippen LogP contribution in [0.25, 0.3) is 0 Å². The Bertz CT molecular complexity index is 738. The summed E-state index contributed by atoms with van der Waals surface area (Å²) in [6, 6.07) is 18.4. The van der Waals surface area contributed by atoms with E-state index in [-0.39, 0.29) is 24.0 Å². The lowest BCUT2D eigenvalue weighted by atomic mass is 9.98. The van der Waals surface area contributed by atoms with Crippen molar-refractivity contribution in [3.05, 3.63) is 60.2 Å². The first-order chi connectivity index (χ1) is 13.8. The van der Waals surface area contributed by atoms with E-state index >= 15 is 0 Å². The fourth-order valence-electron chi connectivity index (χ4n) is 3.57. The van der Waals surface area contributed by atoms with Crippen LogP contribution in [0.2, 0.25) is 0 Å². The summed E-state index contributed by atoms with van der Waals surface area (Å²) >= 11 is 0. The van der Waals surface area contributed by atoms with Crippen molar-refractivity contribution in [2.75, 3.05) is 40.4 Å². The first kappa shape index (κ1) is 23.3. The quantitative estimate of drug-likeness (QED) is 0.246. The fourth-order valence-corrected chi connectivity index (χ4v) is 3.57. The molecule has 0 aromatic heterocycles. The van der Waals surface area contributed by atoms with Gasteiger partial charge in [-0.15, -0.1) is 24.0 Å². The van der Waals surface area contributed by atoms with Gasteiger partial charge in [-0.05, 0) is 49.1 Å². The molecule has 1 fully saturated rings. The van der Waals surface area contributed by atoms with Crippen molar-refractivity contribution in [3.63, 3.8) is 0 Å². The van der Waals surface area contributed by atoms with Crippen molar-refractivity contribution in [3.8, 4) is 11.5 Å². The van der Waals surface area contributed by atoms with Crippen LogP contribution in [0.5, 0.6) is 11.5 Å². The van der Waals surface area contributed by atoms with Crippen molar-refractivity contribution in [1.29, 1.82) is 0 Å². The van der Waals surface area contributed by atoms with Crippen LogP contribution in [-0.2, 0) is 0 Å². The van der Waals surface area contributed by atoms with Crippen LogP contribution in [0.15, 0.2) is 59.6 Å². The van der Waals surface area contributed by atoms with Crippen LogP contribution in [0, 0.1) is 0 Å². The number of unbranched alkanes of at least 4 members (excludes halogenated alkanes) is 1. The molecule has 1 heterocycles. The monoisotopic (exact) mass is 509 g/mol. The molecule has 0 amide bonds. The predicted octanol–water partition coefficient (Wildman–Crippen LogP) is 4.54. The van der Waals surface area contributed by atoms with Gasteiger partial charge in [0.25, 0.3) is 0 Å². The number of benzene rings is 2. The van der Waals surface area contributed by atoms with Crippen molar-refractivity contribution >= 4 is 29.9 Å². The number of aliphatic imine (C=N–C) groups is 1. The minimum atomic E-state index is 0. The van der Waals surface area contributed by atoms with E-state index < -0.39 is 0 Å². The first-order valence-electron chi connectivity index (χ1n) is 10.1. The first-order valence-corrected chi connectivity index (χ1v) is 10.1. The number of hydrogen-bond acceptors (Lipinski definition) is 3. The Morgan fingerprint density at radius 2 is 1.83 bits per heavy atom. The topological polar surface area (TPSA) is 46.1 Å². The van der Waals surface area contributed by atoms with Gasteiger partial charge in [-0.2, -0.15) is 0 Å². The maximum Gasteiger partial charge on any atom is 0.193 e. The molecule has 29 heavy (non-hydrogen) atoms. The van der Waals surface area contributed by atoms with Crippen LogP contribution in [0.4, 0.5) is 0 Å². The molecule has 2 aromatic rings. The van der Waals surface area contributed by atoms with E-state index in [1.807, 2.05) is 49.5 Å². The molecule has 158 valence electrons. The van der Waals surface area contributed by atoms with Crippen LogP contribution in [0.3, 0.4) is 0 Å². The van der Waals surface area contributed by atoms with Crippen molar-refractivity contribution in [1.82, 2.24) is 10.2 Å². The molecule has 0 saturated carbocycles. The maximum atomic E-state index is 5.74. The second-order valence-electron chi connectivity index (χ2n) is 7.05. The van der Waals surface area contributed by atoms with Crippen LogP contribution in [-0.4, -0.2) is 51.3 Å². The summed E-state index contributed by atoms with van der Waals surface area (Å²) in [5.74, 6) is 3.39. The summed E-state index contributed by atoms with van der Waals surface area (Å²) in [6.07, 6.45) is 3.23. The standard InChI is InChI=1S/C23H31N3O2.HI/c1-24-23(25-15-6-7-17-28-22-8-4-3-5-9-22)26-16-14-20(18-26)19-10-12-21(27-2)13-11-19;/h3-5,8-13,20H,6-7,14-18H2,1-2H3,(H,24,25);1H. The highest BCUT2D eigenvalue weighted by Crippen LogP contribution is 2.28. The lowest BCUT2D eigenvalue weighted by molar-refractivity contribution is 0.306. The highest BCUT2D eigenvalue weighted by Gasteiger charge is 2.25. The molecule has 5 nitrogen and oxygen atoms in total. The van der Waals surface area contributed by atoms with E-state index in [9.17, 15) is 0 Å². The van der Waals surface area contributed by atoms with Gasteiger partial charge in [0.15, 0.2) is 5.96 Å². The van der Waals surface area contributed by atoms with E-state index in [0.717, 1.165) is 63.0 Å².